The molecule has 0 aliphatic carbocycles. The summed E-state index contributed by atoms with van der Waals surface area (Å²) in [6.45, 7) is 2.67. The van der Waals surface area contributed by atoms with Gasteiger partial charge in [0.25, 0.3) is 0 Å². The molecule has 0 radical (unpaired) electrons. The maximum absolute atomic E-state index is 12.9. The quantitative estimate of drug-likeness (QED) is 0.774. The Bertz CT molecular complexity index is 985. The highest BCUT2D eigenvalue weighted by atomic mass is 35.5. The van der Waals surface area contributed by atoms with Gasteiger partial charge in [-0.2, -0.15) is 0 Å². The van der Waals surface area contributed by atoms with Crippen LogP contribution in [0.2, 0.25) is 5.02 Å². The molecule has 2 aromatic carbocycles. The van der Waals surface area contributed by atoms with Crippen LogP contribution in [0.25, 0.3) is 5.70 Å². The molecule has 8 heteroatoms. The van der Waals surface area contributed by atoms with E-state index in [-0.39, 0.29) is 24.8 Å². The van der Waals surface area contributed by atoms with Gasteiger partial charge in [0.1, 0.15) is 12.3 Å². The number of methoxy groups -OCH3 is 1. The summed E-state index contributed by atoms with van der Waals surface area (Å²) in [6.07, 6.45) is 2.10. The summed E-state index contributed by atoms with van der Waals surface area (Å²) in [6, 6.07) is 15.3. The number of nitrogens with zero attached hydrogens (tertiary/aromatic N) is 3. The van der Waals surface area contributed by atoms with Crippen molar-refractivity contribution in [2.45, 2.75) is 6.42 Å². The van der Waals surface area contributed by atoms with Crippen LogP contribution in [0.15, 0.2) is 54.6 Å². The van der Waals surface area contributed by atoms with E-state index in [1.165, 1.54) is 5.01 Å². The molecule has 2 heterocycles. The molecular weight excluding hydrogens is 416 g/mol. The first-order valence-corrected chi connectivity index (χ1v) is 10.6. The Hall–Kier alpha value is -3.19. The highest BCUT2D eigenvalue weighted by Gasteiger charge is 2.27. The molecule has 2 amide bonds. The van der Waals surface area contributed by atoms with Gasteiger partial charge < -0.3 is 14.5 Å². The second-order valence-electron chi connectivity index (χ2n) is 7.49. The number of carbonyl (C=O) groups excluding carboxylic acids is 2. The number of hydrogen-bond donors (Lipinski definition) is 1. The SMILES string of the molecule is COc1ccc(C2=CCC(=O)N(CC(=O)N3CCN(c4cccc(Cl)c4)CC3)N2)cc1. The van der Waals surface area contributed by atoms with E-state index in [9.17, 15) is 9.59 Å². The van der Waals surface area contributed by atoms with Crippen LogP contribution in [0.3, 0.4) is 0 Å². The smallest absolute Gasteiger partial charge is 0.245 e. The Balaban J connectivity index is 1.34. The molecule has 0 saturated carbocycles. The van der Waals surface area contributed by atoms with Crippen molar-refractivity contribution in [2.24, 2.45) is 0 Å². The predicted molar refractivity (Wildman–Crippen MR) is 121 cm³/mol. The van der Waals surface area contributed by atoms with Gasteiger partial charge in [-0.05, 0) is 54.1 Å². The van der Waals surface area contributed by atoms with Crippen molar-refractivity contribution in [3.63, 3.8) is 0 Å². The zero-order chi connectivity index (χ0) is 21.8. The van der Waals surface area contributed by atoms with Gasteiger partial charge >= 0.3 is 0 Å². The molecule has 162 valence electrons. The lowest BCUT2D eigenvalue weighted by atomic mass is 10.1. The molecule has 31 heavy (non-hydrogen) atoms. The molecule has 2 aliphatic heterocycles. The molecule has 2 aliphatic rings. The van der Waals surface area contributed by atoms with Crippen LogP contribution in [0.5, 0.6) is 5.75 Å². The molecule has 0 atom stereocenters. The number of rotatable bonds is 5. The van der Waals surface area contributed by atoms with E-state index in [1.54, 1.807) is 12.0 Å². The molecule has 0 aromatic heterocycles. The Morgan fingerprint density at radius 1 is 1.10 bits per heavy atom. The van der Waals surface area contributed by atoms with Gasteiger partial charge in [-0.15, -0.1) is 0 Å². The summed E-state index contributed by atoms with van der Waals surface area (Å²) in [4.78, 5) is 29.2. The first-order valence-electron chi connectivity index (χ1n) is 10.2. The third-order valence-electron chi connectivity index (χ3n) is 5.54. The van der Waals surface area contributed by atoms with Crippen LogP contribution < -0.4 is 15.1 Å². The third-order valence-corrected chi connectivity index (χ3v) is 5.77. The topological polar surface area (TPSA) is 65.1 Å². The van der Waals surface area contributed by atoms with Crippen molar-refractivity contribution < 1.29 is 14.3 Å². The molecule has 1 N–H and O–H groups in total. The van der Waals surface area contributed by atoms with E-state index < -0.39 is 0 Å². The minimum atomic E-state index is -0.122. The second-order valence-corrected chi connectivity index (χ2v) is 7.93. The van der Waals surface area contributed by atoms with Crippen molar-refractivity contribution in [2.75, 3.05) is 44.7 Å². The van der Waals surface area contributed by atoms with Gasteiger partial charge in [0, 0.05) is 43.3 Å². The zero-order valence-electron chi connectivity index (χ0n) is 17.4. The van der Waals surface area contributed by atoms with Crippen molar-refractivity contribution in [3.8, 4) is 5.75 Å². The predicted octanol–water partition coefficient (Wildman–Crippen LogP) is 2.78. The van der Waals surface area contributed by atoms with Crippen molar-refractivity contribution in [1.82, 2.24) is 15.3 Å². The summed E-state index contributed by atoms with van der Waals surface area (Å²) < 4.78 is 5.19. The number of halogens is 1. The number of hydrogen-bond acceptors (Lipinski definition) is 5. The molecule has 0 unspecified atom stereocenters. The zero-order valence-corrected chi connectivity index (χ0v) is 18.1. The summed E-state index contributed by atoms with van der Waals surface area (Å²) in [7, 11) is 1.62. The molecule has 1 fully saturated rings. The molecule has 2 aromatic rings. The number of hydrazine groups is 1. The number of amides is 2. The lowest BCUT2D eigenvalue weighted by molar-refractivity contribution is -0.142. The van der Waals surface area contributed by atoms with Crippen LogP contribution >= 0.6 is 11.6 Å². The van der Waals surface area contributed by atoms with Crippen LogP contribution in [0, 0.1) is 0 Å². The van der Waals surface area contributed by atoms with E-state index >= 15 is 0 Å². The third kappa shape index (κ3) is 4.94. The summed E-state index contributed by atoms with van der Waals surface area (Å²) in [5.41, 5.74) is 5.89. The van der Waals surface area contributed by atoms with Crippen LogP contribution in [0.1, 0.15) is 12.0 Å². The highest BCUT2D eigenvalue weighted by molar-refractivity contribution is 6.30. The molecule has 0 spiro atoms. The lowest BCUT2D eigenvalue weighted by Gasteiger charge is -2.37. The highest BCUT2D eigenvalue weighted by Crippen LogP contribution is 2.22. The average molecular weight is 441 g/mol. The van der Waals surface area contributed by atoms with E-state index in [1.807, 2.05) is 54.6 Å². The average Bonchev–Trinajstić information content (AvgIpc) is 2.80. The van der Waals surface area contributed by atoms with Crippen LogP contribution in [-0.4, -0.2) is 61.6 Å². The van der Waals surface area contributed by atoms with Crippen molar-refractivity contribution >= 4 is 34.8 Å². The van der Waals surface area contributed by atoms with Gasteiger partial charge in [0.05, 0.1) is 12.8 Å². The first kappa shape index (κ1) is 21.1. The Kier molecular flexibility index (Phi) is 6.32. The first-order chi connectivity index (χ1) is 15.0. The minimum absolute atomic E-state index is 0.00347. The number of benzene rings is 2. The normalized spacial score (nSPS) is 16.6. The van der Waals surface area contributed by atoms with E-state index in [0.717, 1.165) is 35.8 Å². The second kappa shape index (κ2) is 9.31. The fourth-order valence-electron chi connectivity index (χ4n) is 3.76. The number of piperazine rings is 1. The minimum Gasteiger partial charge on any atom is -0.497 e. The molecule has 7 nitrogen and oxygen atoms in total. The number of ether oxygens (including phenoxy) is 1. The Morgan fingerprint density at radius 2 is 1.84 bits per heavy atom. The number of anilines is 1. The van der Waals surface area contributed by atoms with Crippen molar-refractivity contribution in [1.29, 1.82) is 0 Å². The van der Waals surface area contributed by atoms with Gasteiger partial charge in [-0.25, -0.2) is 5.01 Å². The van der Waals surface area contributed by atoms with E-state index in [4.69, 9.17) is 16.3 Å². The largest absolute Gasteiger partial charge is 0.497 e. The lowest BCUT2D eigenvalue weighted by Crippen LogP contribution is -2.54. The fourth-order valence-corrected chi connectivity index (χ4v) is 3.94. The molecular formula is C23H25ClN4O3. The maximum Gasteiger partial charge on any atom is 0.245 e. The summed E-state index contributed by atoms with van der Waals surface area (Å²) in [5, 5.41) is 2.11. The van der Waals surface area contributed by atoms with Crippen molar-refractivity contribution in [3.05, 3.63) is 65.2 Å². The fraction of sp³-hybridized carbons (Fsp3) is 0.304. The van der Waals surface area contributed by atoms with Gasteiger partial charge in [0.2, 0.25) is 11.8 Å². The molecule has 1 saturated heterocycles. The monoisotopic (exact) mass is 440 g/mol. The van der Waals surface area contributed by atoms with Gasteiger partial charge in [-0.3, -0.25) is 15.0 Å². The Labute approximate surface area is 186 Å². The molecule has 4 rings (SSSR count). The number of carbonyl (C=O) groups is 2. The van der Waals surface area contributed by atoms with Crippen LogP contribution in [-0.2, 0) is 9.59 Å². The standard InChI is InChI=1S/C23H25ClN4O3/c1-31-20-7-5-17(6-8-20)21-9-10-22(29)28(25-21)16-23(30)27-13-11-26(12-14-27)19-4-2-3-18(24)15-19/h2-9,15,25H,10-14,16H2,1H3. The number of nitrogens with one attached hydrogen (secondary N) is 1. The Morgan fingerprint density at radius 3 is 2.52 bits per heavy atom. The maximum atomic E-state index is 12.9. The van der Waals surface area contributed by atoms with E-state index in [2.05, 4.69) is 10.3 Å². The van der Waals surface area contributed by atoms with Crippen LogP contribution in [0.4, 0.5) is 5.69 Å². The summed E-state index contributed by atoms with van der Waals surface area (Å²) >= 11 is 6.09. The van der Waals surface area contributed by atoms with Gasteiger partial charge in [-0.1, -0.05) is 17.7 Å². The van der Waals surface area contributed by atoms with E-state index in [0.29, 0.717) is 18.1 Å². The molecule has 0 bridgehead atoms. The summed E-state index contributed by atoms with van der Waals surface area (Å²) in [5.74, 6) is 0.575. The van der Waals surface area contributed by atoms with Gasteiger partial charge in [0.15, 0.2) is 0 Å².